The molecule has 2 nitrogen and oxygen atoms in total. The second kappa shape index (κ2) is 5.66. The van der Waals surface area contributed by atoms with Crippen molar-refractivity contribution in [1.29, 1.82) is 0 Å². The van der Waals surface area contributed by atoms with Crippen LogP contribution in [0.1, 0.15) is 21.9 Å². The van der Waals surface area contributed by atoms with Crippen LogP contribution in [0.5, 0.6) is 11.5 Å². The molecule has 26 heavy (non-hydrogen) atoms. The summed E-state index contributed by atoms with van der Waals surface area (Å²) in [6, 6.07) is 20.2. The van der Waals surface area contributed by atoms with Gasteiger partial charge in [-0.2, -0.15) is 0 Å². The van der Waals surface area contributed by atoms with Crippen LogP contribution in [0.4, 0.5) is 0 Å². The third kappa shape index (κ3) is 2.05. The molecular formula is C21H16Cl2O2S. The second-order valence-corrected chi connectivity index (χ2v) is 9.06. The smallest absolute Gasteiger partial charge is 0.174 e. The number of halogens is 2. The number of ether oxygens (including phenoxy) is 2. The SMILES string of the molecule is COc1ccc(C23Oc4ccccc4C(c4cccs4)C2C3(Cl)Cl)cc1. The fourth-order valence-corrected chi connectivity index (χ4v) is 6.08. The standard InChI is InChI=1S/C21H16Cl2O2S/c1-24-14-10-8-13(9-11-14)20-19(21(20,22)23)18(17-7-4-12-26-17)15-5-2-3-6-16(15)25-20/h2-12,18-19H,1H3. The molecule has 5 rings (SSSR count). The van der Waals surface area contributed by atoms with Gasteiger partial charge in [0, 0.05) is 16.4 Å². The van der Waals surface area contributed by atoms with Gasteiger partial charge in [0.15, 0.2) is 9.93 Å². The van der Waals surface area contributed by atoms with Crippen molar-refractivity contribution >= 4 is 34.5 Å². The van der Waals surface area contributed by atoms with Gasteiger partial charge in [-0.05, 0) is 35.2 Å². The van der Waals surface area contributed by atoms with E-state index in [1.165, 1.54) is 4.88 Å². The molecule has 0 amide bonds. The normalized spacial score (nSPS) is 27.8. The predicted molar refractivity (Wildman–Crippen MR) is 106 cm³/mol. The Morgan fingerprint density at radius 3 is 2.46 bits per heavy atom. The van der Waals surface area contributed by atoms with Gasteiger partial charge < -0.3 is 9.47 Å². The van der Waals surface area contributed by atoms with Crippen molar-refractivity contribution in [2.24, 2.45) is 5.92 Å². The van der Waals surface area contributed by atoms with Crippen LogP contribution < -0.4 is 9.47 Å². The van der Waals surface area contributed by atoms with Gasteiger partial charge in [-0.1, -0.05) is 59.6 Å². The molecule has 132 valence electrons. The minimum atomic E-state index is -1.00. The number of thiophene rings is 1. The lowest BCUT2D eigenvalue weighted by Crippen LogP contribution is -2.28. The largest absolute Gasteiger partial charge is 0.497 e. The summed E-state index contributed by atoms with van der Waals surface area (Å²) in [5, 5.41) is 2.09. The molecule has 0 N–H and O–H groups in total. The summed E-state index contributed by atoms with van der Waals surface area (Å²) in [5.41, 5.74) is 1.36. The van der Waals surface area contributed by atoms with E-state index in [9.17, 15) is 0 Å². The highest BCUT2D eigenvalue weighted by molar-refractivity contribution is 7.10. The molecule has 3 atom stereocenters. The van der Waals surface area contributed by atoms with E-state index in [4.69, 9.17) is 32.7 Å². The molecule has 2 heterocycles. The van der Waals surface area contributed by atoms with Gasteiger partial charge in [-0.3, -0.25) is 0 Å². The summed E-state index contributed by atoms with van der Waals surface area (Å²) in [4.78, 5) is 1.26. The van der Waals surface area contributed by atoms with Gasteiger partial charge in [0.05, 0.1) is 13.0 Å². The van der Waals surface area contributed by atoms with E-state index >= 15 is 0 Å². The van der Waals surface area contributed by atoms with Gasteiger partial charge >= 0.3 is 0 Å². The highest BCUT2D eigenvalue weighted by Gasteiger charge is 2.83. The van der Waals surface area contributed by atoms with Crippen LogP contribution in [0.2, 0.25) is 0 Å². The maximum atomic E-state index is 6.89. The average molecular weight is 403 g/mol. The quantitative estimate of drug-likeness (QED) is 0.501. The van der Waals surface area contributed by atoms with Gasteiger partial charge in [-0.25, -0.2) is 0 Å². The van der Waals surface area contributed by atoms with Crippen molar-refractivity contribution in [3.05, 3.63) is 82.0 Å². The van der Waals surface area contributed by atoms with Crippen molar-refractivity contribution in [2.75, 3.05) is 7.11 Å². The predicted octanol–water partition coefficient (Wildman–Crippen LogP) is 5.98. The van der Waals surface area contributed by atoms with E-state index in [0.29, 0.717) is 0 Å². The summed E-state index contributed by atoms with van der Waals surface area (Å²) in [6.45, 7) is 0. The number of hydrogen-bond donors (Lipinski definition) is 0. The molecule has 2 aromatic carbocycles. The zero-order valence-electron chi connectivity index (χ0n) is 14.0. The summed E-state index contributed by atoms with van der Waals surface area (Å²) in [5.74, 6) is 1.70. The van der Waals surface area contributed by atoms with Crippen LogP contribution in [0.25, 0.3) is 0 Å². The molecule has 1 aliphatic heterocycles. The molecule has 3 unspecified atom stereocenters. The zero-order chi connectivity index (χ0) is 17.9. The average Bonchev–Trinajstić information content (AvgIpc) is 3.02. The number of methoxy groups -OCH3 is 1. The van der Waals surface area contributed by atoms with Gasteiger partial charge in [0.1, 0.15) is 11.5 Å². The summed E-state index contributed by atoms with van der Waals surface area (Å²) in [7, 11) is 1.65. The molecule has 5 heteroatoms. The van der Waals surface area contributed by atoms with E-state index in [1.54, 1.807) is 18.4 Å². The molecule has 0 saturated heterocycles. The van der Waals surface area contributed by atoms with Crippen molar-refractivity contribution < 1.29 is 9.47 Å². The topological polar surface area (TPSA) is 18.5 Å². The second-order valence-electron chi connectivity index (χ2n) is 6.70. The lowest BCUT2D eigenvalue weighted by atomic mass is 9.86. The highest BCUT2D eigenvalue weighted by atomic mass is 35.5. The molecule has 3 aromatic rings. The van der Waals surface area contributed by atoms with Crippen LogP contribution >= 0.6 is 34.5 Å². The molecule has 0 radical (unpaired) electrons. The Balaban J connectivity index is 1.70. The van der Waals surface area contributed by atoms with Gasteiger partial charge in [0.25, 0.3) is 0 Å². The summed E-state index contributed by atoms with van der Waals surface area (Å²) in [6.07, 6.45) is 0. The zero-order valence-corrected chi connectivity index (χ0v) is 16.3. The van der Waals surface area contributed by atoms with Gasteiger partial charge in [0.2, 0.25) is 0 Å². The van der Waals surface area contributed by atoms with Crippen LogP contribution in [-0.2, 0) is 5.60 Å². The van der Waals surface area contributed by atoms with E-state index in [0.717, 1.165) is 22.6 Å². The van der Waals surface area contributed by atoms with Crippen LogP contribution in [0.3, 0.4) is 0 Å². The Bertz CT molecular complexity index is 952. The fourth-order valence-electron chi connectivity index (χ4n) is 4.22. The lowest BCUT2D eigenvalue weighted by Gasteiger charge is -2.31. The molecule has 1 aromatic heterocycles. The number of alkyl halides is 2. The third-order valence-electron chi connectivity index (χ3n) is 5.47. The number of fused-ring (bicyclic) bond motifs is 2. The molecule has 1 saturated carbocycles. The first-order chi connectivity index (χ1) is 12.6. The van der Waals surface area contributed by atoms with Crippen molar-refractivity contribution in [3.63, 3.8) is 0 Å². The number of rotatable bonds is 3. The number of para-hydroxylation sites is 1. The first kappa shape index (κ1) is 16.5. The first-order valence-electron chi connectivity index (χ1n) is 8.43. The summed E-state index contributed by atoms with van der Waals surface area (Å²) >= 11 is 15.5. The van der Waals surface area contributed by atoms with E-state index < -0.39 is 9.93 Å². The minimum absolute atomic E-state index is 0.0553. The molecule has 0 spiro atoms. The maximum absolute atomic E-state index is 6.89. The van der Waals surface area contributed by atoms with Gasteiger partial charge in [-0.15, -0.1) is 11.3 Å². The molecule has 0 bridgehead atoms. The lowest BCUT2D eigenvalue weighted by molar-refractivity contribution is 0.138. The Labute approximate surface area is 166 Å². The van der Waals surface area contributed by atoms with E-state index in [2.05, 4.69) is 23.6 Å². The van der Waals surface area contributed by atoms with E-state index in [-0.39, 0.29) is 11.8 Å². The van der Waals surface area contributed by atoms with Crippen molar-refractivity contribution in [2.45, 2.75) is 15.9 Å². The first-order valence-corrected chi connectivity index (χ1v) is 10.1. The highest BCUT2D eigenvalue weighted by Crippen LogP contribution is 2.77. The number of benzene rings is 2. The molecule has 2 aliphatic rings. The summed E-state index contributed by atoms with van der Waals surface area (Å²) < 4.78 is 10.8. The van der Waals surface area contributed by atoms with Crippen LogP contribution in [-0.4, -0.2) is 11.4 Å². The monoisotopic (exact) mass is 402 g/mol. The molecular weight excluding hydrogens is 387 g/mol. The Kier molecular flexibility index (Phi) is 3.59. The molecule has 1 fully saturated rings. The molecule has 1 aliphatic carbocycles. The Morgan fingerprint density at radius 1 is 1.00 bits per heavy atom. The van der Waals surface area contributed by atoms with E-state index in [1.807, 2.05) is 42.5 Å². The fraction of sp³-hybridized carbons (Fsp3) is 0.238. The Hall–Kier alpha value is -1.68. The van der Waals surface area contributed by atoms with Crippen LogP contribution in [0.15, 0.2) is 66.0 Å². The maximum Gasteiger partial charge on any atom is 0.174 e. The number of hydrogen-bond acceptors (Lipinski definition) is 3. The third-order valence-corrected chi connectivity index (χ3v) is 7.45. The van der Waals surface area contributed by atoms with Crippen molar-refractivity contribution in [3.8, 4) is 11.5 Å². The Morgan fingerprint density at radius 2 is 1.77 bits per heavy atom. The minimum Gasteiger partial charge on any atom is -0.497 e. The van der Waals surface area contributed by atoms with Crippen molar-refractivity contribution in [1.82, 2.24) is 0 Å². The van der Waals surface area contributed by atoms with Crippen LogP contribution in [0, 0.1) is 5.92 Å².